The number of rotatable bonds is 3. The van der Waals surface area contributed by atoms with E-state index in [0.29, 0.717) is 17.1 Å². The Morgan fingerprint density at radius 3 is 2.47 bits per heavy atom. The Labute approximate surface area is 99.9 Å². The van der Waals surface area contributed by atoms with Crippen molar-refractivity contribution in [1.29, 1.82) is 0 Å². The number of fused-ring (bicyclic) bond motifs is 1. The van der Waals surface area contributed by atoms with E-state index in [1.165, 1.54) is 6.07 Å². The van der Waals surface area contributed by atoms with Crippen molar-refractivity contribution in [3.8, 4) is 11.5 Å². The molecule has 1 N–H and O–H groups in total. The lowest BCUT2D eigenvalue weighted by molar-refractivity contribution is 0.174. The summed E-state index contributed by atoms with van der Waals surface area (Å²) in [6.07, 6.45) is 1.14. The molecule has 0 amide bonds. The van der Waals surface area contributed by atoms with E-state index >= 15 is 0 Å². The highest BCUT2D eigenvalue weighted by molar-refractivity contribution is 7.90. The van der Waals surface area contributed by atoms with Crippen LogP contribution in [0.1, 0.15) is 18.4 Å². The molecule has 1 heterocycles. The largest absolute Gasteiger partial charge is 0.454 e. The average molecular weight is 258 g/mol. The number of sulfone groups is 1. The molecule has 0 aliphatic carbocycles. The fourth-order valence-corrected chi connectivity index (χ4v) is 2.75. The lowest BCUT2D eigenvalue weighted by Crippen LogP contribution is -2.08. The van der Waals surface area contributed by atoms with Crippen molar-refractivity contribution >= 4 is 9.84 Å². The van der Waals surface area contributed by atoms with Gasteiger partial charge in [0.05, 0.1) is 4.90 Å². The maximum atomic E-state index is 11.7. The molecular formula is C11H14O5S. The third-order valence-corrected chi connectivity index (χ3v) is 3.86. The molecule has 1 atom stereocenters. The predicted molar refractivity (Wildman–Crippen MR) is 61.2 cm³/mol. The molecule has 0 spiro atoms. The second-order valence-electron chi connectivity index (χ2n) is 4.10. The monoisotopic (exact) mass is 258 g/mol. The second-order valence-corrected chi connectivity index (χ2v) is 6.08. The summed E-state index contributed by atoms with van der Waals surface area (Å²) < 4.78 is 33.7. The van der Waals surface area contributed by atoms with Gasteiger partial charge in [-0.25, -0.2) is 8.42 Å². The maximum Gasteiger partial charge on any atom is 0.231 e. The van der Waals surface area contributed by atoms with Crippen LogP contribution in [0, 0.1) is 0 Å². The Morgan fingerprint density at radius 1 is 1.35 bits per heavy atom. The molecule has 0 saturated carbocycles. The van der Waals surface area contributed by atoms with Gasteiger partial charge in [0.1, 0.15) is 0 Å². The molecule has 0 radical (unpaired) electrons. The molecule has 1 aliphatic rings. The summed E-state index contributed by atoms with van der Waals surface area (Å²) in [4.78, 5) is 0.184. The smallest absolute Gasteiger partial charge is 0.231 e. The van der Waals surface area contributed by atoms with Crippen molar-refractivity contribution in [3.05, 3.63) is 17.7 Å². The fourth-order valence-electron chi connectivity index (χ4n) is 1.74. The molecule has 0 bridgehead atoms. The van der Waals surface area contributed by atoms with E-state index in [9.17, 15) is 8.42 Å². The van der Waals surface area contributed by atoms with Crippen LogP contribution in [0.2, 0.25) is 0 Å². The fraction of sp³-hybridized carbons (Fsp3) is 0.455. The van der Waals surface area contributed by atoms with Gasteiger partial charge in [-0.1, -0.05) is 6.92 Å². The van der Waals surface area contributed by atoms with Crippen LogP contribution in [-0.4, -0.2) is 33.2 Å². The van der Waals surface area contributed by atoms with Gasteiger partial charge in [0.25, 0.3) is 0 Å². The molecule has 17 heavy (non-hydrogen) atoms. The van der Waals surface area contributed by atoms with Crippen LogP contribution >= 0.6 is 0 Å². The molecule has 0 saturated heterocycles. The zero-order chi connectivity index (χ0) is 12.6. The minimum Gasteiger partial charge on any atom is -0.454 e. The first-order valence-electron chi connectivity index (χ1n) is 5.18. The lowest BCUT2D eigenvalue weighted by atomic mass is 10.0. The van der Waals surface area contributed by atoms with Gasteiger partial charge in [0.2, 0.25) is 6.79 Å². The van der Waals surface area contributed by atoms with Crippen molar-refractivity contribution in [2.24, 2.45) is 0 Å². The van der Waals surface area contributed by atoms with Crippen LogP contribution in [0.25, 0.3) is 0 Å². The number of hydrogen-bond donors (Lipinski definition) is 1. The quantitative estimate of drug-likeness (QED) is 0.872. The zero-order valence-electron chi connectivity index (χ0n) is 9.63. The van der Waals surface area contributed by atoms with Crippen molar-refractivity contribution in [2.75, 3.05) is 19.7 Å². The Bertz CT molecular complexity index is 535. The van der Waals surface area contributed by atoms with Crippen molar-refractivity contribution < 1.29 is 23.0 Å². The zero-order valence-corrected chi connectivity index (χ0v) is 10.5. The minimum absolute atomic E-state index is 0.0928. The summed E-state index contributed by atoms with van der Waals surface area (Å²) in [5, 5.41) is 9.16. The molecule has 1 unspecified atom stereocenters. The molecule has 94 valence electrons. The number of hydrogen-bond acceptors (Lipinski definition) is 5. The number of aliphatic hydroxyl groups is 1. The van der Waals surface area contributed by atoms with E-state index in [2.05, 4.69) is 0 Å². The van der Waals surface area contributed by atoms with Crippen molar-refractivity contribution in [2.45, 2.75) is 17.7 Å². The summed E-state index contributed by atoms with van der Waals surface area (Å²) >= 11 is 0. The van der Waals surface area contributed by atoms with Gasteiger partial charge in [-0.3, -0.25) is 0 Å². The lowest BCUT2D eigenvalue weighted by Gasteiger charge is -2.14. The van der Waals surface area contributed by atoms with E-state index in [1.54, 1.807) is 13.0 Å². The van der Waals surface area contributed by atoms with Gasteiger partial charge in [-0.05, 0) is 11.6 Å². The van der Waals surface area contributed by atoms with Gasteiger partial charge in [0, 0.05) is 24.8 Å². The molecule has 0 fully saturated rings. The van der Waals surface area contributed by atoms with Crippen LogP contribution in [0.3, 0.4) is 0 Å². The van der Waals surface area contributed by atoms with Crippen LogP contribution in [0.15, 0.2) is 17.0 Å². The highest BCUT2D eigenvalue weighted by atomic mass is 32.2. The Morgan fingerprint density at radius 2 is 1.94 bits per heavy atom. The molecule has 1 aliphatic heterocycles. The molecule has 2 rings (SSSR count). The number of benzene rings is 1. The van der Waals surface area contributed by atoms with Crippen LogP contribution in [0.5, 0.6) is 11.5 Å². The first-order chi connectivity index (χ1) is 7.93. The van der Waals surface area contributed by atoms with Crippen LogP contribution in [-0.2, 0) is 9.84 Å². The number of aliphatic hydroxyl groups excluding tert-OH is 1. The van der Waals surface area contributed by atoms with Crippen molar-refractivity contribution in [1.82, 2.24) is 0 Å². The average Bonchev–Trinajstić information content (AvgIpc) is 2.72. The highest BCUT2D eigenvalue weighted by Crippen LogP contribution is 2.38. The van der Waals surface area contributed by atoms with Gasteiger partial charge in [-0.15, -0.1) is 0 Å². The summed E-state index contributed by atoms with van der Waals surface area (Å²) in [7, 11) is -3.36. The third kappa shape index (κ3) is 2.23. The molecule has 0 aromatic heterocycles. The van der Waals surface area contributed by atoms with E-state index in [-0.39, 0.29) is 24.2 Å². The standard InChI is InChI=1S/C11H14O5S/c1-7(5-12)8-3-9-10(16-6-15-9)4-11(8)17(2,13)14/h3-4,7,12H,5-6H2,1-2H3. The predicted octanol–water partition coefficient (Wildman–Crippen LogP) is 0.915. The summed E-state index contributed by atoms with van der Waals surface area (Å²) in [5.41, 5.74) is 0.555. The summed E-state index contributed by atoms with van der Waals surface area (Å²) in [6.45, 7) is 1.73. The van der Waals surface area contributed by atoms with Crippen LogP contribution in [0.4, 0.5) is 0 Å². The van der Waals surface area contributed by atoms with E-state index < -0.39 is 9.84 Å². The molecule has 1 aromatic rings. The Balaban J connectivity index is 2.63. The Kier molecular flexibility index (Phi) is 3.01. The molecule has 1 aromatic carbocycles. The van der Waals surface area contributed by atoms with Gasteiger partial charge < -0.3 is 14.6 Å². The van der Waals surface area contributed by atoms with Gasteiger partial charge in [-0.2, -0.15) is 0 Å². The topological polar surface area (TPSA) is 72.8 Å². The second kappa shape index (κ2) is 4.19. The first-order valence-corrected chi connectivity index (χ1v) is 7.07. The van der Waals surface area contributed by atoms with E-state index in [1.807, 2.05) is 0 Å². The molecular weight excluding hydrogens is 244 g/mol. The van der Waals surface area contributed by atoms with Crippen LogP contribution < -0.4 is 9.47 Å². The summed E-state index contributed by atoms with van der Waals surface area (Å²) in [5.74, 6) is 0.682. The number of ether oxygens (including phenoxy) is 2. The van der Waals surface area contributed by atoms with E-state index in [4.69, 9.17) is 14.6 Å². The maximum absolute atomic E-state index is 11.7. The van der Waals surface area contributed by atoms with E-state index in [0.717, 1.165) is 6.26 Å². The molecule has 5 nitrogen and oxygen atoms in total. The SMILES string of the molecule is CC(CO)c1cc2c(cc1S(C)(=O)=O)OCO2. The van der Waals surface area contributed by atoms with Gasteiger partial charge >= 0.3 is 0 Å². The highest BCUT2D eigenvalue weighted by Gasteiger charge is 2.24. The first kappa shape index (κ1) is 12.2. The normalized spacial score (nSPS) is 15.9. The summed E-state index contributed by atoms with van der Waals surface area (Å²) in [6, 6.07) is 3.08. The van der Waals surface area contributed by atoms with Gasteiger partial charge in [0.15, 0.2) is 21.3 Å². The minimum atomic E-state index is -3.36. The third-order valence-electron chi connectivity index (χ3n) is 2.71. The Hall–Kier alpha value is -1.27. The van der Waals surface area contributed by atoms with Crippen molar-refractivity contribution in [3.63, 3.8) is 0 Å². The molecule has 6 heteroatoms.